The lowest BCUT2D eigenvalue weighted by Crippen LogP contribution is -2.40. The summed E-state index contributed by atoms with van der Waals surface area (Å²) in [5.74, 6) is -0.0459. The summed E-state index contributed by atoms with van der Waals surface area (Å²) in [6.07, 6.45) is 5.75. The molecule has 0 N–H and O–H groups in total. The Hall–Kier alpha value is -1.52. The molecule has 1 unspecified atom stereocenters. The Balaban J connectivity index is 2.68. The van der Waals surface area contributed by atoms with Gasteiger partial charge < -0.3 is 14.5 Å². The molecule has 1 aliphatic heterocycles. The first-order chi connectivity index (χ1) is 9.69. The monoisotopic (exact) mass is 296 g/mol. The van der Waals surface area contributed by atoms with E-state index in [4.69, 9.17) is 4.74 Å². The molecule has 5 nitrogen and oxygen atoms in total. The second-order valence-corrected chi connectivity index (χ2v) is 6.80. The van der Waals surface area contributed by atoms with Crippen LogP contribution in [0.2, 0.25) is 0 Å². The van der Waals surface area contributed by atoms with Crippen molar-refractivity contribution >= 4 is 11.9 Å². The van der Waals surface area contributed by atoms with E-state index in [1.165, 1.54) is 0 Å². The van der Waals surface area contributed by atoms with Crippen molar-refractivity contribution in [2.24, 2.45) is 5.92 Å². The van der Waals surface area contributed by atoms with Crippen LogP contribution < -0.4 is 0 Å². The first-order valence-corrected chi connectivity index (χ1v) is 7.55. The third kappa shape index (κ3) is 6.65. The minimum absolute atomic E-state index is 0.0826. The van der Waals surface area contributed by atoms with E-state index in [1.54, 1.807) is 17.2 Å². The molecule has 0 aromatic rings. The van der Waals surface area contributed by atoms with E-state index in [-0.39, 0.29) is 17.8 Å². The second kappa shape index (κ2) is 7.48. The SMILES string of the molecule is CN(C)/C=C\C(=O)C1CCCCN(C(=O)OC(C)(C)C)C1. The molecule has 0 aliphatic carbocycles. The van der Waals surface area contributed by atoms with Gasteiger partial charge in [0.25, 0.3) is 0 Å². The van der Waals surface area contributed by atoms with Gasteiger partial charge in [-0.2, -0.15) is 0 Å². The Morgan fingerprint density at radius 1 is 1.24 bits per heavy atom. The number of allylic oxidation sites excluding steroid dienone is 1. The fourth-order valence-corrected chi connectivity index (χ4v) is 2.23. The van der Waals surface area contributed by atoms with Crippen molar-refractivity contribution in [1.29, 1.82) is 0 Å². The van der Waals surface area contributed by atoms with Crippen molar-refractivity contribution in [3.63, 3.8) is 0 Å². The standard InChI is InChI=1S/C16H28N2O3/c1-16(2,3)21-15(20)18-10-7-6-8-13(12-18)14(19)9-11-17(4)5/h9,11,13H,6-8,10,12H2,1-5H3/b11-9-. The van der Waals surface area contributed by atoms with Crippen LogP contribution in [0.1, 0.15) is 40.0 Å². The minimum Gasteiger partial charge on any atom is -0.444 e. The molecule has 0 bridgehead atoms. The van der Waals surface area contributed by atoms with Gasteiger partial charge in [0.1, 0.15) is 5.60 Å². The number of hydrogen-bond donors (Lipinski definition) is 0. The zero-order valence-corrected chi connectivity index (χ0v) is 13.9. The average molecular weight is 296 g/mol. The van der Waals surface area contributed by atoms with E-state index < -0.39 is 5.60 Å². The lowest BCUT2D eigenvalue weighted by Gasteiger charge is -2.27. The fourth-order valence-electron chi connectivity index (χ4n) is 2.23. The lowest BCUT2D eigenvalue weighted by molar-refractivity contribution is -0.118. The minimum atomic E-state index is -0.506. The molecule has 120 valence electrons. The predicted molar refractivity (Wildman–Crippen MR) is 83.0 cm³/mol. The van der Waals surface area contributed by atoms with Crippen molar-refractivity contribution < 1.29 is 14.3 Å². The van der Waals surface area contributed by atoms with E-state index in [2.05, 4.69) is 0 Å². The number of likely N-dealkylation sites (tertiary alicyclic amines) is 1. The molecule has 1 saturated heterocycles. The Morgan fingerprint density at radius 3 is 2.48 bits per heavy atom. The van der Waals surface area contributed by atoms with Crippen molar-refractivity contribution in [3.8, 4) is 0 Å². The maximum atomic E-state index is 12.2. The summed E-state index contributed by atoms with van der Waals surface area (Å²) >= 11 is 0. The number of amides is 1. The second-order valence-electron chi connectivity index (χ2n) is 6.80. The van der Waals surface area contributed by atoms with E-state index >= 15 is 0 Å². The number of rotatable bonds is 3. The zero-order valence-electron chi connectivity index (χ0n) is 13.9. The average Bonchev–Trinajstić information content (AvgIpc) is 2.59. The Morgan fingerprint density at radius 2 is 1.90 bits per heavy atom. The van der Waals surface area contributed by atoms with Crippen LogP contribution in [0.3, 0.4) is 0 Å². The van der Waals surface area contributed by atoms with Gasteiger partial charge in [-0.05, 0) is 39.7 Å². The van der Waals surface area contributed by atoms with Crippen molar-refractivity contribution in [2.45, 2.75) is 45.6 Å². The van der Waals surface area contributed by atoms with Crippen LogP contribution in [0, 0.1) is 5.92 Å². The summed E-state index contributed by atoms with van der Waals surface area (Å²) in [4.78, 5) is 27.9. The van der Waals surface area contributed by atoms with Gasteiger partial charge in [0.15, 0.2) is 5.78 Å². The topological polar surface area (TPSA) is 49.9 Å². The van der Waals surface area contributed by atoms with Gasteiger partial charge in [-0.1, -0.05) is 6.42 Å². The van der Waals surface area contributed by atoms with Crippen LogP contribution in [0.5, 0.6) is 0 Å². The summed E-state index contributed by atoms with van der Waals surface area (Å²) < 4.78 is 5.41. The number of ether oxygens (including phenoxy) is 1. The van der Waals surface area contributed by atoms with Gasteiger partial charge in [-0.3, -0.25) is 4.79 Å². The summed E-state index contributed by atoms with van der Waals surface area (Å²) in [6.45, 7) is 6.67. The molecule has 5 heteroatoms. The molecule has 0 aromatic heterocycles. The molecule has 0 aromatic carbocycles. The van der Waals surface area contributed by atoms with Crippen molar-refractivity contribution in [3.05, 3.63) is 12.3 Å². The molecule has 1 aliphatic rings. The van der Waals surface area contributed by atoms with Crippen LogP contribution in [-0.4, -0.2) is 54.5 Å². The van der Waals surface area contributed by atoms with E-state index in [0.29, 0.717) is 13.1 Å². The molecular formula is C16H28N2O3. The summed E-state index contributed by atoms with van der Waals surface area (Å²) in [5, 5.41) is 0. The maximum absolute atomic E-state index is 12.2. The molecule has 0 spiro atoms. The van der Waals surface area contributed by atoms with Crippen LogP contribution in [0.4, 0.5) is 4.79 Å². The molecule has 1 amide bonds. The molecular weight excluding hydrogens is 268 g/mol. The predicted octanol–water partition coefficient (Wildman–Crippen LogP) is 2.67. The molecule has 1 rings (SSSR count). The smallest absolute Gasteiger partial charge is 0.410 e. The molecule has 1 atom stereocenters. The highest BCUT2D eigenvalue weighted by Gasteiger charge is 2.28. The van der Waals surface area contributed by atoms with E-state index in [1.807, 2.05) is 39.8 Å². The number of ketones is 1. The molecule has 1 heterocycles. The van der Waals surface area contributed by atoms with E-state index in [9.17, 15) is 9.59 Å². The fraction of sp³-hybridized carbons (Fsp3) is 0.750. The van der Waals surface area contributed by atoms with Gasteiger partial charge in [0.05, 0.1) is 0 Å². The Bertz CT molecular complexity index is 397. The van der Waals surface area contributed by atoms with Gasteiger partial charge >= 0.3 is 6.09 Å². The quantitative estimate of drug-likeness (QED) is 0.751. The third-order valence-corrected chi connectivity index (χ3v) is 3.26. The number of nitrogens with zero attached hydrogens (tertiary/aromatic N) is 2. The van der Waals surface area contributed by atoms with Gasteiger partial charge in [-0.15, -0.1) is 0 Å². The third-order valence-electron chi connectivity index (χ3n) is 3.26. The maximum Gasteiger partial charge on any atom is 0.410 e. The van der Waals surface area contributed by atoms with Crippen molar-refractivity contribution in [2.75, 3.05) is 27.2 Å². The first kappa shape index (κ1) is 17.5. The van der Waals surface area contributed by atoms with Crippen LogP contribution in [-0.2, 0) is 9.53 Å². The number of carbonyl (C=O) groups excluding carboxylic acids is 2. The largest absolute Gasteiger partial charge is 0.444 e. The molecule has 21 heavy (non-hydrogen) atoms. The summed E-state index contributed by atoms with van der Waals surface area (Å²) in [6, 6.07) is 0. The molecule has 0 saturated carbocycles. The van der Waals surface area contributed by atoms with Crippen molar-refractivity contribution in [1.82, 2.24) is 9.80 Å². The summed E-state index contributed by atoms with van der Waals surface area (Å²) in [5.41, 5.74) is -0.506. The van der Waals surface area contributed by atoms with Gasteiger partial charge in [0.2, 0.25) is 0 Å². The van der Waals surface area contributed by atoms with Gasteiger partial charge in [-0.25, -0.2) is 4.79 Å². The molecule has 0 radical (unpaired) electrons. The normalized spacial score (nSPS) is 20.2. The Labute approximate surface area is 127 Å². The van der Waals surface area contributed by atoms with Crippen LogP contribution in [0.25, 0.3) is 0 Å². The Kier molecular flexibility index (Phi) is 6.24. The van der Waals surface area contributed by atoms with Gasteiger partial charge in [0, 0.05) is 39.3 Å². The summed E-state index contributed by atoms with van der Waals surface area (Å²) in [7, 11) is 3.76. The number of carbonyl (C=O) groups is 2. The number of hydrogen-bond acceptors (Lipinski definition) is 4. The zero-order chi connectivity index (χ0) is 16.0. The first-order valence-electron chi connectivity index (χ1n) is 7.55. The highest BCUT2D eigenvalue weighted by Crippen LogP contribution is 2.20. The lowest BCUT2D eigenvalue weighted by atomic mass is 9.98. The van der Waals surface area contributed by atoms with E-state index in [0.717, 1.165) is 19.3 Å². The highest BCUT2D eigenvalue weighted by molar-refractivity contribution is 5.92. The van der Waals surface area contributed by atoms with Crippen LogP contribution >= 0.6 is 0 Å². The molecule has 1 fully saturated rings. The van der Waals surface area contributed by atoms with Crippen LogP contribution in [0.15, 0.2) is 12.3 Å². The highest BCUT2D eigenvalue weighted by atomic mass is 16.6.